The zero-order valence-electron chi connectivity index (χ0n) is 12.1. The molecular weight excluding hydrogens is 240 g/mol. The average Bonchev–Trinajstić information content (AvgIpc) is 2.48. The Morgan fingerprint density at radius 2 is 2.16 bits per heavy atom. The Labute approximate surface area is 115 Å². The first-order valence-electron chi connectivity index (χ1n) is 6.86. The maximum atomic E-state index is 5.45. The SMILES string of the molecule is COc1ccc(CN(C)C2CCCNC2)c(OC)c1. The van der Waals surface area contributed by atoms with E-state index in [1.165, 1.54) is 18.4 Å². The zero-order chi connectivity index (χ0) is 13.7. The van der Waals surface area contributed by atoms with Crippen LogP contribution in [0.4, 0.5) is 0 Å². The van der Waals surface area contributed by atoms with E-state index in [0.717, 1.165) is 31.1 Å². The molecule has 19 heavy (non-hydrogen) atoms. The van der Waals surface area contributed by atoms with Crippen molar-refractivity contribution >= 4 is 0 Å². The molecule has 0 spiro atoms. The number of nitrogens with zero attached hydrogens (tertiary/aromatic N) is 1. The molecular formula is C15H24N2O2. The molecule has 0 aliphatic carbocycles. The van der Waals surface area contributed by atoms with Crippen LogP contribution in [-0.4, -0.2) is 45.3 Å². The third kappa shape index (κ3) is 3.61. The Hall–Kier alpha value is -1.26. The molecule has 1 fully saturated rings. The molecule has 4 nitrogen and oxygen atoms in total. The van der Waals surface area contributed by atoms with E-state index >= 15 is 0 Å². The highest BCUT2D eigenvalue weighted by Crippen LogP contribution is 2.26. The number of nitrogens with one attached hydrogen (secondary N) is 1. The van der Waals surface area contributed by atoms with Crippen LogP contribution in [0.25, 0.3) is 0 Å². The summed E-state index contributed by atoms with van der Waals surface area (Å²) in [7, 11) is 5.57. The summed E-state index contributed by atoms with van der Waals surface area (Å²) in [4.78, 5) is 2.40. The summed E-state index contributed by atoms with van der Waals surface area (Å²) in [5, 5.41) is 3.46. The molecule has 0 amide bonds. The van der Waals surface area contributed by atoms with Gasteiger partial charge in [-0.05, 0) is 32.5 Å². The van der Waals surface area contributed by atoms with Gasteiger partial charge in [0.2, 0.25) is 0 Å². The number of piperidine rings is 1. The van der Waals surface area contributed by atoms with E-state index < -0.39 is 0 Å². The summed E-state index contributed by atoms with van der Waals surface area (Å²) < 4.78 is 10.7. The number of hydrogen-bond acceptors (Lipinski definition) is 4. The molecule has 0 bridgehead atoms. The van der Waals surface area contributed by atoms with Gasteiger partial charge in [0.25, 0.3) is 0 Å². The molecule has 0 saturated carbocycles. The monoisotopic (exact) mass is 264 g/mol. The highest BCUT2D eigenvalue weighted by atomic mass is 16.5. The van der Waals surface area contributed by atoms with E-state index in [-0.39, 0.29) is 0 Å². The van der Waals surface area contributed by atoms with Gasteiger partial charge in [0.1, 0.15) is 11.5 Å². The van der Waals surface area contributed by atoms with Gasteiger partial charge in [-0.1, -0.05) is 6.07 Å². The van der Waals surface area contributed by atoms with Crippen LogP contribution in [0, 0.1) is 0 Å². The number of hydrogen-bond donors (Lipinski definition) is 1. The number of benzene rings is 1. The van der Waals surface area contributed by atoms with Crippen LogP contribution in [0.2, 0.25) is 0 Å². The molecule has 0 aromatic heterocycles. The zero-order valence-corrected chi connectivity index (χ0v) is 12.1. The fourth-order valence-electron chi connectivity index (χ4n) is 2.59. The molecule has 1 aromatic rings. The van der Waals surface area contributed by atoms with Gasteiger partial charge < -0.3 is 14.8 Å². The third-order valence-corrected chi connectivity index (χ3v) is 3.81. The lowest BCUT2D eigenvalue weighted by molar-refractivity contribution is 0.194. The lowest BCUT2D eigenvalue weighted by Gasteiger charge is -2.32. The van der Waals surface area contributed by atoms with Gasteiger partial charge in [0.05, 0.1) is 14.2 Å². The predicted octanol–water partition coefficient (Wildman–Crippen LogP) is 1.89. The fourth-order valence-corrected chi connectivity index (χ4v) is 2.59. The van der Waals surface area contributed by atoms with Gasteiger partial charge in [-0.15, -0.1) is 0 Å². The molecule has 106 valence electrons. The van der Waals surface area contributed by atoms with E-state index in [1.807, 2.05) is 12.1 Å². The van der Waals surface area contributed by atoms with Gasteiger partial charge in [-0.2, -0.15) is 0 Å². The Morgan fingerprint density at radius 1 is 1.32 bits per heavy atom. The van der Waals surface area contributed by atoms with Crippen LogP contribution >= 0.6 is 0 Å². The quantitative estimate of drug-likeness (QED) is 0.880. The van der Waals surface area contributed by atoms with Crippen molar-refractivity contribution in [1.29, 1.82) is 0 Å². The molecule has 0 radical (unpaired) electrons. The second-order valence-electron chi connectivity index (χ2n) is 5.09. The van der Waals surface area contributed by atoms with Crippen molar-refractivity contribution in [2.24, 2.45) is 0 Å². The van der Waals surface area contributed by atoms with Crippen molar-refractivity contribution in [3.05, 3.63) is 23.8 Å². The van der Waals surface area contributed by atoms with Gasteiger partial charge in [0, 0.05) is 30.8 Å². The van der Waals surface area contributed by atoms with Crippen LogP contribution in [0.3, 0.4) is 0 Å². The summed E-state index contributed by atoms with van der Waals surface area (Å²) in [6.07, 6.45) is 2.52. The number of rotatable bonds is 5. The first kappa shape index (κ1) is 14.2. The minimum absolute atomic E-state index is 0.612. The average molecular weight is 264 g/mol. The maximum Gasteiger partial charge on any atom is 0.127 e. The summed E-state index contributed by atoms with van der Waals surface area (Å²) in [5.74, 6) is 1.73. The topological polar surface area (TPSA) is 33.7 Å². The van der Waals surface area contributed by atoms with Crippen molar-refractivity contribution in [1.82, 2.24) is 10.2 Å². The smallest absolute Gasteiger partial charge is 0.127 e. The summed E-state index contributed by atoms with van der Waals surface area (Å²) in [6, 6.07) is 6.64. The molecule has 1 aliphatic rings. The Bertz CT molecular complexity index is 403. The second kappa shape index (κ2) is 6.78. The first-order chi connectivity index (χ1) is 9.24. The first-order valence-corrected chi connectivity index (χ1v) is 6.86. The molecule has 1 unspecified atom stereocenters. The number of ether oxygens (including phenoxy) is 2. The van der Waals surface area contributed by atoms with Crippen molar-refractivity contribution in [2.75, 3.05) is 34.4 Å². The van der Waals surface area contributed by atoms with Crippen LogP contribution in [0.15, 0.2) is 18.2 Å². The fraction of sp³-hybridized carbons (Fsp3) is 0.600. The standard InChI is InChI=1S/C15H24N2O2/c1-17(13-5-4-8-16-10-13)11-12-6-7-14(18-2)9-15(12)19-3/h6-7,9,13,16H,4-5,8,10-11H2,1-3H3. The molecule has 2 rings (SSSR count). The lowest BCUT2D eigenvalue weighted by atomic mass is 10.1. The molecule has 1 saturated heterocycles. The molecule has 1 heterocycles. The van der Waals surface area contributed by atoms with Gasteiger partial charge in [0.15, 0.2) is 0 Å². The van der Waals surface area contributed by atoms with Gasteiger partial charge in [-0.25, -0.2) is 0 Å². The highest BCUT2D eigenvalue weighted by molar-refractivity contribution is 5.40. The highest BCUT2D eigenvalue weighted by Gasteiger charge is 2.18. The molecule has 1 aromatic carbocycles. The Kier molecular flexibility index (Phi) is 5.05. The van der Waals surface area contributed by atoms with E-state index in [1.54, 1.807) is 14.2 Å². The van der Waals surface area contributed by atoms with Gasteiger partial charge >= 0.3 is 0 Å². The Balaban J connectivity index is 2.04. The van der Waals surface area contributed by atoms with Crippen molar-refractivity contribution < 1.29 is 9.47 Å². The molecule has 1 N–H and O–H groups in total. The van der Waals surface area contributed by atoms with Crippen LogP contribution in [0.1, 0.15) is 18.4 Å². The largest absolute Gasteiger partial charge is 0.497 e. The van der Waals surface area contributed by atoms with E-state index in [0.29, 0.717) is 6.04 Å². The van der Waals surface area contributed by atoms with Gasteiger partial charge in [-0.3, -0.25) is 4.90 Å². The number of methoxy groups -OCH3 is 2. The second-order valence-corrected chi connectivity index (χ2v) is 5.09. The van der Waals surface area contributed by atoms with Crippen LogP contribution in [-0.2, 0) is 6.54 Å². The maximum absolute atomic E-state index is 5.45. The Morgan fingerprint density at radius 3 is 2.79 bits per heavy atom. The van der Waals surface area contributed by atoms with Crippen LogP contribution < -0.4 is 14.8 Å². The van der Waals surface area contributed by atoms with Crippen molar-refractivity contribution in [2.45, 2.75) is 25.4 Å². The molecule has 1 atom stereocenters. The summed E-state index contributed by atoms with van der Waals surface area (Å²) >= 11 is 0. The minimum atomic E-state index is 0.612. The van der Waals surface area contributed by atoms with Crippen LogP contribution in [0.5, 0.6) is 11.5 Å². The van der Waals surface area contributed by atoms with Crippen molar-refractivity contribution in [3.8, 4) is 11.5 Å². The predicted molar refractivity (Wildman–Crippen MR) is 76.9 cm³/mol. The molecule has 4 heteroatoms. The third-order valence-electron chi connectivity index (χ3n) is 3.81. The number of likely N-dealkylation sites (N-methyl/N-ethyl adjacent to an activating group) is 1. The van der Waals surface area contributed by atoms with E-state index in [4.69, 9.17) is 9.47 Å². The van der Waals surface area contributed by atoms with E-state index in [2.05, 4.69) is 23.3 Å². The molecule has 1 aliphatic heterocycles. The minimum Gasteiger partial charge on any atom is -0.497 e. The van der Waals surface area contributed by atoms with E-state index in [9.17, 15) is 0 Å². The normalized spacial score (nSPS) is 19.5. The lowest BCUT2D eigenvalue weighted by Crippen LogP contribution is -2.43. The summed E-state index contributed by atoms with van der Waals surface area (Å²) in [6.45, 7) is 3.13. The summed E-state index contributed by atoms with van der Waals surface area (Å²) in [5.41, 5.74) is 1.20. The van der Waals surface area contributed by atoms with Crippen molar-refractivity contribution in [3.63, 3.8) is 0 Å².